The van der Waals surface area contributed by atoms with Crippen LogP contribution in [0.5, 0.6) is 0 Å². The number of terminal acetylenes is 1. The van der Waals surface area contributed by atoms with Gasteiger partial charge in [-0.05, 0) is 6.08 Å². The highest BCUT2D eigenvalue weighted by molar-refractivity contribution is 7.51. The normalized spacial score (nSPS) is 29.3. The second-order valence-corrected chi connectivity index (χ2v) is 5.08. The van der Waals surface area contributed by atoms with Crippen molar-refractivity contribution in [3.8, 4) is 12.3 Å². The fraction of sp³-hybridized carbons (Fsp3) is 0.444. The zero-order chi connectivity index (χ0) is 13.1. The topological polar surface area (TPSA) is 105 Å². The van der Waals surface area contributed by atoms with Crippen LogP contribution in [-0.2, 0) is 9.30 Å². The largest absolute Gasteiger partial charge is 0.390 e. The van der Waals surface area contributed by atoms with Crippen molar-refractivity contribution in [3.05, 3.63) is 11.9 Å². The van der Waals surface area contributed by atoms with Gasteiger partial charge in [0.25, 0.3) is 0 Å². The summed E-state index contributed by atoms with van der Waals surface area (Å²) in [5.74, 6) is 1.28. The van der Waals surface area contributed by atoms with Crippen LogP contribution in [0.1, 0.15) is 6.42 Å². The molecule has 1 rings (SSSR count). The van der Waals surface area contributed by atoms with Crippen molar-refractivity contribution in [1.29, 1.82) is 0 Å². The molecule has 8 heteroatoms. The van der Waals surface area contributed by atoms with Crippen LogP contribution >= 0.6 is 7.60 Å². The van der Waals surface area contributed by atoms with E-state index in [9.17, 15) is 8.96 Å². The molecule has 17 heavy (non-hydrogen) atoms. The molecule has 1 aliphatic carbocycles. The van der Waals surface area contributed by atoms with E-state index < -0.39 is 31.4 Å². The molecular weight excluding hydrogens is 250 g/mol. The molecule has 0 bridgehead atoms. The molecule has 94 valence electrons. The van der Waals surface area contributed by atoms with Crippen LogP contribution in [0.4, 0.5) is 4.39 Å². The highest BCUT2D eigenvalue weighted by Crippen LogP contribution is 2.41. The Kier molecular flexibility index (Phi) is 4.07. The lowest BCUT2D eigenvalue weighted by molar-refractivity contribution is 0.0315. The Balaban J connectivity index is 2.83. The van der Waals surface area contributed by atoms with Gasteiger partial charge in [0.15, 0.2) is 11.9 Å². The van der Waals surface area contributed by atoms with E-state index in [1.165, 1.54) is 0 Å². The van der Waals surface area contributed by atoms with Gasteiger partial charge in [0.05, 0.1) is 12.4 Å². The van der Waals surface area contributed by atoms with E-state index >= 15 is 0 Å². The lowest BCUT2D eigenvalue weighted by atomic mass is 10.0. The van der Waals surface area contributed by atoms with Gasteiger partial charge in [-0.2, -0.15) is 0 Å². The van der Waals surface area contributed by atoms with Gasteiger partial charge >= 0.3 is 7.60 Å². The third-order valence-corrected chi connectivity index (χ3v) is 2.68. The average molecular weight is 262 g/mol. The van der Waals surface area contributed by atoms with Crippen molar-refractivity contribution in [2.75, 3.05) is 6.35 Å². The number of hydrogen-bond donors (Lipinski definition) is 3. The summed E-state index contributed by atoms with van der Waals surface area (Å²) in [6.45, 7) is 0. The molecule has 0 amide bonds. The van der Waals surface area contributed by atoms with Crippen molar-refractivity contribution in [1.82, 2.24) is 0 Å². The zero-order valence-corrected chi connectivity index (χ0v) is 9.68. The zero-order valence-electron chi connectivity index (χ0n) is 8.78. The molecular formula is C9H12FN2O4P. The quantitative estimate of drug-likeness (QED) is 0.289. The van der Waals surface area contributed by atoms with Crippen LogP contribution in [0, 0.1) is 12.3 Å². The number of halogens is 1. The van der Waals surface area contributed by atoms with Crippen LogP contribution in [0.25, 0.3) is 0 Å². The molecule has 0 unspecified atom stereocenters. The molecule has 0 spiro atoms. The van der Waals surface area contributed by atoms with Gasteiger partial charge in [-0.15, -0.1) is 6.42 Å². The molecule has 0 saturated heterocycles. The SMILES string of the molecule is C#C[C@]1(OCP(=O)(O)O)C[C@@H](N=CN)C=C1F. The minimum Gasteiger partial charge on any atom is -0.390 e. The molecule has 0 fully saturated rings. The average Bonchev–Trinajstić information content (AvgIpc) is 2.53. The maximum Gasteiger partial charge on any atom is 0.351 e. The van der Waals surface area contributed by atoms with Crippen LogP contribution in [0.3, 0.4) is 0 Å². The van der Waals surface area contributed by atoms with Crippen LogP contribution in [0.15, 0.2) is 16.9 Å². The Bertz CT molecular complexity index is 439. The maximum absolute atomic E-state index is 13.6. The summed E-state index contributed by atoms with van der Waals surface area (Å²) in [6, 6.07) is -0.590. The molecule has 0 aromatic rings. The van der Waals surface area contributed by atoms with Crippen molar-refractivity contribution in [3.63, 3.8) is 0 Å². The Hall–Kier alpha value is -1.19. The van der Waals surface area contributed by atoms with E-state index in [4.69, 9.17) is 26.7 Å². The highest BCUT2D eigenvalue weighted by Gasteiger charge is 2.43. The Morgan fingerprint density at radius 3 is 3.00 bits per heavy atom. The van der Waals surface area contributed by atoms with Gasteiger partial charge in [-0.3, -0.25) is 9.56 Å². The summed E-state index contributed by atoms with van der Waals surface area (Å²) < 4.78 is 29.1. The molecule has 0 aromatic carbocycles. The molecule has 0 heterocycles. The van der Waals surface area contributed by atoms with Crippen LogP contribution in [0.2, 0.25) is 0 Å². The van der Waals surface area contributed by atoms with Gasteiger partial charge in [0, 0.05) is 6.42 Å². The lowest BCUT2D eigenvalue weighted by Gasteiger charge is -2.23. The van der Waals surface area contributed by atoms with E-state index in [1.54, 1.807) is 0 Å². The second-order valence-electron chi connectivity index (χ2n) is 3.49. The van der Waals surface area contributed by atoms with Crippen LogP contribution < -0.4 is 5.73 Å². The molecule has 0 saturated carbocycles. The monoisotopic (exact) mass is 262 g/mol. The molecule has 0 radical (unpaired) electrons. The third kappa shape index (κ3) is 3.38. The highest BCUT2D eigenvalue weighted by atomic mass is 31.2. The fourth-order valence-corrected chi connectivity index (χ4v) is 1.84. The van der Waals surface area contributed by atoms with E-state index in [1.807, 2.05) is 0 Å². The van der Waals surface area contributed by atoms with E-state index in [-0.39, 0.29) is 6.42 Å². The Labute approximate surface area is 97.5 Å². The summed E-state index contributed by atoms with van der Waals surface area (Å²) in [5.41, 5.74) is 3.30. The maximum atomic E-state index is 13.6. The summed E-state index contributed by atoms with van der Waals surface area (Å²) in [4.78, 5) is 21.1. The second kappa shape index (κ2) is 4.98. The number of rotatable bonds is 4. The lowest BCUT2D eigenvalue weighted by Crippen LogP contribution is -2.31. The van der Waals surface area contributed by atoms with Gasteiger partial charge < -0.3 is 20.3 Å². The summed E-state index contributed by atoms with van der Waals surface area (Å²) in [7, 11) is -4.41. The van der Waals surface area contributed by atoms with E-state index in [2.05, 4.69) is 10.9 Å². The summed E-state index contributed by atoms with van der Waals surface area (Å²) >= 11 is 0. The van der Waals surface area contributed by atoms with Crippen LogP contribution in [-0.4, -0.2) is 34.1 Å². The third-order valence-electron chi connectivity index (χ3n) is 2.21. The predicted octanol–water partition coefficient (Wildman–Crippen LogP) is 0.123. The van der Waals surface area contributed by atoms with Gasteiger partial charge in [0.1, 0.15) is 5.83 Å². The minimum absolute atomic E-state index is 0.0387. The number of aliphatic imine (C=N–C) groups is 1. The van der Waals surface area contributed by atoms with Gasteiger partial charge in [0.2, 0.25) is 0 Å². The fourth-order valence-electron chi connectivity index (χ4n) is 1.45. The van der Waals surface area contributed by atoms with Crippen molar-refractivity contribution >= 4 is 13.9 Å². The summed E-state index contributed by atoms with van der Waals surface area (Å²) in [6.07, 6.45) is 6.29. The molecule has 1 aliphatic rings. The molecule has 0 aliphatic heterocycles. The van der Waals surface area contributed by atoms with Gasteiger partial charge in [-0.25, -0.2) is 4.39 Å². The number of ether oxygens (including phenoxy) is 1. The number of hydrogen-bond acceptors (Lipinski definition) is 3. The van der Waals surface area contributed by atoms with Crippen molar-refractivity contribution in [2.24, 2.45) is 10.7 Å². The Morgan fingerprint density at radius 1 is 1.88 bits per heavy atom. The first kappa shape index (κ1) is 13.9. The summed E-state index contributed by atoms with van der Waals surface area (Å²) in [5, 5.41) is 0. The molecule has 2 atom stereocenters. The van der Waals surface area contributed by atoms with E-state index in [0.717, 1.165) is 12.4 Å². The van der Waals surface area contributed by atoms with E-state index in [0.29, 0.717) is 0 Å². The first-order valence-corrected chi connectivity index (χ1v) is 6.40. The molecule has 4 N–H and O–H groups in total. The first-order chi connectivity index (χ1) is 7.83. The number of nitrogens with two attached hydrogens (primary N) is 1. The molecule has 0 aromatic heterocycles. The van der Waals surface area contributed by atoms with Crippen molar-refractivity contribution < 1.29 is 23.5 Å². The number of nitrogens with zero attached hydrogens (tertiary/aromatic N) is 1. The Morgan fingerprint density at radius 2 is 2.53 bits per heavy atom. The van der Waals surface area contributed by atoms with Crippen molar-refractivity contribution in [2.45, 2.75) is 18.1 Å². The predicted molar refractivity (Wildman–Crippen MR) is 59.8 cm³/mol. The first-order valence-electron chi connectivity index (χ1n) is 4.60. The van der Waals surface area contributed by atoms with Gasteiger partial charge in [-0.1, -0.05) is 5.92 Å². The minimum atomic E-state index is -4.41. The smallest absolute Gasteiger partial charge is 0.351 e. The molecule has 6 nitrogen and oxygen atoms in total. The standard InChI is InChI=1S/C9H12FN2O4P/c1-2-9(16-6-17(13,14)15)4-7(12-5-11)3-8(9)10/h1,3,5,7H,4,6H2,(H2,11,12)(H2,13,14,15)/t7-,9-/m0/s1.